The van der Waals surface area contributed by atoms with E-state index in [1.54, 1.807) is 6.07 Å². The molecule has 0 fully saturated rings. The predicted molar refractivity (Wildman–Crippen MR) is 96.9 cm³/mol. The van der Waals surface area contributed by atoms with Crippen molar-refractivity contribution in [3.05, 3.63) is 69.8 Å². The molecule has 0 saturated carbocycles. The number of benzene rings is 2. The number of esters is 1. The van der Waals surface area contributed by atoms with Gasteiger partial charge in [-0.2, -0.15) is 10.2 Å². The fraction of sp³-hybridized carbons (Fsp3) is 0.333. The maximum Gasteiger partial charge on any atom is 0.338 e. The number of hydrogen-bond acceptors (Lipinski definition) is 5. The van der Waals surface area contributed by atoms with E-state index in [1.165, 1.54) is 7.11 Å². The highest BCUT2D eigenvalue weighted by Crippen LogP contribution is 2.47. The summed E-state index contributed by atoms with van der Waals surface area (Å²) in [4.78, 5) is 25.6. The van der Waals surface area contributed by atoms with Crippen LogP contribution in [0, 0.1) is 13.8 Å². The van der Waals surface area contributed by atoms with Gasteiger partial charge in [-0.25, -0.2) is 4.79 Å². The number of rotatable bonds is 2. The molecular formula is C21H20N2O3. The van der Waals surface area contributed by atoms with Crippen molar-refractivity contribution in [3.63, 3.8) is 0 Å². The Balaban J connectivity index is 1.84. The molecule has 1 heterocycles. The van der Waals surface area contributed by atoms with E-state index >= 15 is 0 Å². The number of ether oxygens (including phenoxy) is 1. The van der Waals surface area contributed by atoms with E-state index in [0.29, 0.717) is 24.1 Å². The zero-order valence-electron chi connectivity index (χ0n) is 15.1. The van der Waals surface area contributed by atoms with Crippen LogP contribution in [-0.2, 0) is 11.2 Å². The fourth-order valence-corrected chi connectivity index (χ4v) is 4.15. The molecule has 5 nitrogen and oxygen atoms in total. The monoisotopic (exact) mass is 348 g/mol. The van der Waals surface area contributed by atoms with Gasteiger partial charge in [0.25, 0.3) is 0 Å². The van der Waals surface area contributed by atoms with Gasteiger partial charge in [0.15, 0.2) is 11.3 Å². The Hall–Kier alpha value is -2.82. The first-order valence-corrected chi connectivity index (χ1v) is 8.68. The second-order valence-electron chi connectivity index (χ2n) is 7.15. The van der Waals surface area contributed by atoms with Crippen LogP contribution in [0.1, 0.15) is 48.9 Å². The lowest BCUT2D eigenvalue weighted by Gasteiger charge is -2.27. The molecule has 2 atom stereocenters. The topological polar surface area (TPSA) is 68.1 Å². The smallest absolute Gasteiger partial charge is 0.338 e. The molecule has 2 aliphatic rings. The van der Waals surface area contributed by atoms with E-state index < -0.39 is 11.5 Å². The molecule has 26 heavy (non-hydrogen) atoms. The molecule has 0 bridgehead atoms. The number of carbonyl (C=O) groups is 2. The van der Waals surface area contributed by atoms with Crippen molar-refractivity contribution < 1.29 is 14.3 Å². The van der Waals surface area contributed by atoms with Gasteiger partial charge in [-0.1, -0.05) is 41.5 Å². The lowest BCUT2D eigenvalue weighted by atomic mass is 9.76. The molecule has 1 aliphatic carbocycles. The third kappa shape index (κ3) is 2.30. The van der Waals surface area contributed by atoms with Crippen molar-refractivity contribution in [1.29, 1.82) is 0 Å². The van der Waals surface area contributed by atoms with Crippen LogP contribution in [0.15, 0.2) is 46.6 Å². The van der Waals surface area contributed by atoms with Gasteiger partial charge in [0.05, 0.1) is 19.2 Å². The molecule has 1 aliphatic heterocycles. The first kappa shape index (κ1) is 16.6. The van der Waals surface area contributed by atoms with Crippen LogP contribution in [0.4, 0.5) is 0 Å². The van der Waals surface area contributed by atoms with Crippen LogP contribution in [0.25, 0.3) is 0 Å². The summed E-state index contributed by atoms with van der Waals surface area (Å²) in [7, 11) is 1.37. The SMILES string of the molecule is COC(=O)c1ccc(C)cc1[C@@H]1CN=N[C@@]12Cc1cc(C)ccc1C2=O. The summed E-state index contributed by atoms with van der Waals surface area (Å²) in [6.45, 7) is 4.38. The maximum atomic E-state index is 13.3. The van der Waals surface area contributed by atoms with Gasteiger partial charge < -0.3 is 4.74 Å². The van der Waals surface area contributed by atoms with Crippen molar-refractivity contribution in [2.24, 2.45) is 10.2 Å². The van der Waals surface area contributed by atoms with Crippen LogP contribution >= 0.6 is 0 Å². The largest absolute Gasteiger partial charge is 0.465 e. The van der Waals surface area contributed by atoms with Gasteiger partial charge in [0.1, 0.15) is 0 Å². The van der Waals surface area contributed by atoms with Gasteiger partial charge in [-0.3, -0.25) is 4.79 Å². The van der Waals surface area contributed by atoms with Crippen molar-refractivity contribution in [2.75, 3.05) is 13.7 Å². The zero-order chi connectivity index (χ0) is 18.5. The van der Waals surface area contributed by atoms with Crippen LogP contribution in [-0.4, -0.2) is 30.9 Å². The predicted octanol–water partition coefficient (Wildman–Crippen LogP) is 3.82. The molecule has 0 unspecified atom stereocenters. The summed E-state index contributed by atoms with van der Waals surface area (Å²) in [5.74, 6) is -0.673. The van der Waals surface area contributed by atoms with E-state index in [1.807, 2.05) is 44.2 Å². The molecule has 0 saturated heterocycles. The average molecular weight is 348 g/mol. The summed E-state index contributed by atoms with van der Waals surface area (Å²) in [5, 5.41) is 8.67. The van der Waals surface area contributed by atoms with Crippen LogP contribution in [0.3, 0.4) is 0 Å². The van der Waals surface area contributed by atoms with Crippen molar-refractivity contribution in [2.45, 2.75) is 31.7 Å². The number of fused-ring (bicyclic) bond motifs is 1. The molecular weight excluding hydrogens is 328 g/mol. The molecule has 5 heteroatoms. The highest BCUT2D eigenvalue weighted by atomic mass is 16.5. The Morgan fingerprint density at radius 2 is 1.88 bits per heavy atom. The molecule has 0 amide bonds. The number of aryl methyl sites for hydroxylation is 2. The molecule has 4 rings (SSSR count). The van der Waals surface area contributed by atoms with Gasteiger partial charge in [-0.15, -0.1) is 0 Å². The van der Waals surface area contributed by atoms with Crippen molar-refractivity contribution in [1.82, 2.24) is 0 Å². The van der Waals surface area contributed by atoms with Crippen LogP contribution < -0.4 is 0 Å². The number of Topliss-reactive ketones (excluding diaryl/α,β-unsaturated/α-hetero) is 1. The van der Waals surface area contributed by atoms with Crippen LogP contribution in [0.2, 0.25) is 0 Å². The van der Waals surface area contributed by atoms with Crippen molar-refractivity contribution in [3.8, 4) is 0 Å². The Morgan fingerprint density at radius 1 is 1.15 bits per heavy atom. The van der Waals surface area contributed by atoms with Crippen LogP contribution in [0.5, 0.6) is 0 Å². The van der Waals surface area contributed by atoms with E-state index in [4.69, 9.17) is 4.74 Å². The molecule has 2 aromatic carbocycles. The summed E-state index contributed by atoms with van der Waals surface area (Å²) in [6, 6.07) is 11.5. The minimum atomic E-state index is -0.952. The fourth-order valence-electron chi connectivity index (χ4n) is 4.15. The van der Waals surface area contributed by atoms with Gasteiger partial charge in [-0.05, 0) is 31.0 Å². The molecule has 132 valence electrons. The molecule has 0 N–H and O–H groups in total. The standard InChI is InChI=1S/C21H20N2O3/c1-12-4-6-15-14(8-12)10-21(19(15)24)18(11-22-23-21)17-9-13(2)5-7-16(17)20(25)26-3/h4-9,18H,10-11H2,1-3H3/t18-,21-/m0/s1. The van der Waals surface area contributed by atoms with E-state index in [0.717, 1.165) is 22.3 Å². The number of hydrogen-bond donors (Lipinski definition) is 0. The lowest BCUT2D eigenvalue weighted by molar-refractivity contribution is 0.0597. The maximum absolute atomic E-state index is 13.3. The van der Waals surface area contributed by atoms with Gasteiger partial charge in [0.2, 0.25) is 0 Å². The summed E-state index contributed by atoms with van der Waals surface area (Å²) >= 11 is 0. The molecule has 0 radical (unpaired) electrons. The number of methoxy groups -OCH3 is 1. The highest BCUT2D eigenvalue weighted by molar-refractivity contribution is 6.09. The number of azo groups is 1. The molecule has 1 spiro atoms. The second kappa shape index (κ2) is 5.87. The Kier molecular flexibility index (Phi) is 3.75. The molecule has 2 aromatic rings. The first-order chi connectivity index (χ1) is 12.5. The molecule has 0 aromatic heterocycles. The van der Waals surface area contributed by atoms with E-state index in [9.17, 15) is 9.59 Å². The summed E-state index contributed by atoms with van der Waals surface area (Å²) < 4.78 is 4.95. The minimum absolute atomic E-state index is 0.00364. The Morgan fingerprint density at radius 3 is 2.65 bits per heavy atom. The van der Waals surface area contributed by atoms with E-state index in [2.05, 4.69) is 10.2 Å². The van der Waals surface area contributed by atoms with Gasteiger partial charge in [0, 0.05) is 17.9 Å². The van der Waals surface area contributed by atoms with Gasteiger partial charge >= 0.3 is 5.97 Å². The number of nitrogens with zero attached hydrogens (tertiary/aromatic N) is 2. The summed E-state index contributed by atoms with van der Waals surface area (Å²) in [5.41, 5.74) is 4.18. The quantitative estimate of drug-likeness (QED) is 0.775. The average Bonchev–Trinajstić information content (AvgIpc) is 3.16. The third-order valence-corrected chi connectivity index (χ3v) is 5.44. The van der Waals surface area contributed by atoms with Crippen molar-refractivity contribution >= 4 is 11.8 Å². The first-order valence-electron chi connectivity index (χ1n) is 8.68. The van der Waals surface area contributed by atoms with E-state index in [-0.39, 0.29) is 11.7 Å². The third-order valence-electron chi connectivity index (χ3n) is 5.44. The normalized spacial score (nSPS) is 23.5. The summed E-state index contributed by atoms with van der Waals surface area (Å²) in [6.07, 6.45) is 0.519. The lowest BCUT2D eigenvalue weighted by Crippen LogP contribution is -2.39. The zero-order valence-corrected chi connectivity index (χ0v) is 15.1. The highest BCUT2D eigenvalue weighted by Gasteiger charge is 2.55. The number of carbonyl (C=O) groups excluding carboxylic acids is 2. The Bertz CT molecular complexity index is 964. The minimum Gasteiger partial charge on any atom is -0.465 e. The second-order valence-corrected chi connectivity index (χ2v) is 7.15. The number of ketones is 1. The Labute approximate surface area is 152 Å².